The Hall–Kier alpha value is -2.23. The summed E-state index contributed by atoms with van der Waals surface area (Å²) >= 11 is 0. The topological polar surface area (TPSA) is 48.8 Å². The number of aliphatic hydroxyl groups excluding tert-OH is 1. The van der Waals surface area contributed by atoms with Gasteiger partial charge in [0.15, 0.2) is 0 Å². The molecule has 1 aromatic carbocycles. The second-order valence-electron chi connectivity index (χ2n) is 8.24. The van der Waals surface area contributed by atoms with E-state index in [2.05, 4.69) is 57.0 Å². The highest BCUT2D eigenvalue weighted by Crippen LogP contribution is 2.42. The molecule has 5 heteroatoms. The first kappa shape index (κ1) is 21.0. The molecule has 0 radical (unpaired) electrons. The third-order valence-corrected chi connectivity index (χ3v) is 6.33. The molecular weight excluding hydrogens is 374 g/mol. The summed E-state index contributed by atoms with van der Waals surface area (Å²) in [5, 5.41) is 10.1. The lowest BCUT2D eigenvalue weighted by Gasteiger charge is -2.57. The maximum Gasteiger partial charge on any atom is 0.107 e. The molecule has 1 N–H and O–H groups in total. The number of fused-ring (bicyclic) bond motifs is 1. The van der Waals surface area contributed by atoms with Gasteiger partial charge in [-0.3, -0.25) is 14.8 Å². The highest BCUT2D eigenvalue weighted by atomic mass is 16.5. The fourth-order valence-electron chi connectivity index (χ4n) is 4.90. The largest absolute Gasteiger partial charge is 0.395 e. The second-order valence-corrected chi connectivity index (χ2v) is 8.24. The standard InChI is InChI=1S/C25H31N3O2/c1-30-15-5-7-20-8-10-22(11-9-20)25-23-18-27(17-21-6-4-12-26-16-21)13-2-3-14-28(23)24(25)19-29/h4,6,8-12,16,23-25,29H,2-3,13-15,17-19H2,1H3/t23-,24-,25-/m1/s1. The molecule has 158 valence electrons. The fraction of sp³-hybridized carbons (Fsp3) is 0.480. The Labute approximate surface area is 179 Å². The molecule has 30 heavy (non-hydrogen) atoms. The van der Waals surface area contributed by atoms with Crippen LogP contribution < -0.4 is 0 Å². The Bertz CT molecular complexity index is 859. The van der Waals surface area contributed by atoms with Crippen molar-refractivity contribution in [3.63, 3.8) is 0 Å². The molecule has 0 spiro atoms. The van der Waals surface area contributed by atoms with Gasteiger partial charge in [0.25, 0.3) is 0 Å². The van der Waals surface area contributed by atoms with E-state index >= 15 is 0 Å². The number of aromatic nitrogens is 1. The summed E-state index contributed by atoms with van der Waals surface area (Å²) in [4.78, 5) is 9.35. The Morgan fingerprint density at radius 2 is 2.00 bits per heavy atom. The number of aliphatic hydroxyl groups is 1. The van der Waals surface area contributed by atoms with Crippen LogP contribution in [-0.2, 0) is 11.3 Å². The van der Waals surface area contributed by atoms with Crippen molar-refractivity contribution in [1.82, 2.24) is 14.8 Å². The van der Waals surface area contributed by atoms with Gasteiger partial charge in [-0.25, -0.2) is 0 Å². The zero-order valence-corrected chi connectivity index (χ0v) is 17.7. The summed E-state index contributed by atoms with van der Waals surface area (Å²) in [6, 6.07) is 13.4. The van der Waals surface area contributed by atoms with Crippen LogP contribution in [0.4, 0.5) is 0 Å². The smallest absolute Gasteiger partial charge is 0.107 e. The Kier molecular flexibility index (Phi) is 7.14. The van der Waals surface area contributed by atoms with Gasteiger partial charge in [0.05, 0.1) is 6.61 Å². The number of rotatable bonds is 5. The summed E-state index contributed by atoms with van der Waals surface area (Å²) in [6.07, 6.45) is 6.17. The van der Waals surface area contributed by atoms with Crippen molar-refractivity contribution in [3.05, 3.63) is 65.5 Å². The molecule has 2 aliphatic heterocycles. The maximum atomic E-state index is 10.1. The van der Waals surface area contributed by atoms with Crippen molar-refractivity contribution in [2.45, 2.75) is 37.4 Å². The molecule has 3 atom stereocenters. The molecule has 0 saturated carbocycles. The van der Waals surface area contributed by atoms with Crippen LogP contribution >= 0.6 is 0 Å². The summed E-state index contributed by atoms with van der Waals surface area (Å²) in [7, 11) is 1.65. The number of hydrogen-bond acceptors (Lipinski definition) is 5. The van der Waals surface area contributed by atoms with Gasteiger partial charge < -0.3 is 9.84 Å². The van der Waals surface area contributed by atoms with E-state index in [1.54, 1.807) is 7.11 Å². The lowest BCUT2D eigenvalue weighted by atomic mass is 9.74. The summed E-state index contributed by atoms with van der Waals surface area (Å²) in [5.41, 5.74) is 3.57. The summed E-state index contributed by atoms with van der Waals surface area (Å²) < 4.78 is 5.00. The molecule has 2 aromatic rings. The van der Waals surface area contributed by atoms with Gasteiger partial charge in [0.2, 0.25) is 0 Å². The molecule has 2 fully saturated rings. The molecule has 3 heterocycles. The molecule has 0 bridgehead atoms. The minimum absolute atomic E-state index is 0.207. The van der Waals surface area contributed by atoms with E-state index in [-0.39, 0.29) is 12.6 Å². The van der Waals surface area contributed by atoms with Crippen LogP contribution in [-0.4, -0.2) is 71.9 Å². The van der Waals surface area contributed by atoms with Gasteiger partial charge in [-0.2, -0.15) is 0 Å². The molecule has 0 aliphatic carbocycles. The van der Waals surface area contributed by atoms with E-state index in [0.29, 0.717) is 18.6 Å². The molecule has 2 saturated heterocycles. The van der Waals surface area contributed by atoms with E-state index in [4.69, 9.17) is 4.74 Å². The summed E-state index contributed by atoms with van der Waals surface area (Å²) in [6.45, 7) is 4.80. The Morgan fingerprint density at radius 3 is 2.73 bits per heavy atom. The van der Waals surface area contributed by atoms with Crippen LogP contribution in [0.1, 0.15) is 35.4 Å². The molecule has 5 nitrogen and oxygen atoms in total. The van der Waals surface area contributed by atoms with Gasteiger partial charge in [-0.05, 0) is 55.3 Å². The lowest BCUT2D eigenvalue weighted by Crippen LogP contribution is -2.67. The van der Waals surface area contributed by atoms with Crippen molar-refractivity contribution < 1.29 is 9.84 Å². The highest BCUT2D eigenvalue weighted by Gasteiger charge is 2.48. The number of ether oxygens (including phenoxy) is 1. The zero-order valence-electron chi connectivity index (χ0n) is 17.7. The predicted molar refractivity (Wildman–Crippen MR) is 118 cm³/mol. The van der Waals surface area contributed by atoms with Crippen LogP contribution in [0, 0.1) is 11.8 Å². The number of methoxy groups -OCH3 is 1. The monoisotopic (exact) mass is 405 g/mol. The van der Waals surface area contributed by atoms with E-state index < -0.39 is 0 Å². The number of nitrogens with zero attached hydrogens (tertiary/aromatic N) is 3. The minimum atomic E-state index is 0.207. The van der Waals surface area contributed by atoms with Crippen molar-refractivity contribution in [3.8, 4) is 11.8 Å². The number of hydrogen-bond donors (Lipinski definition) is 1. The van der Waals surface area contributed by atoms with E-state index in [1.807, 2.05) is 18.5 Å². The lowest BCUT2D eigenvalue weighted by molar-refractivity contribution is -0.0655. The van der Waals surface area contributed by atoms with Crippen molar-refractivity contribution in [1.29, 1.82) is 0 Å². The quantitative estimate of drug-likeness (QED) is 0.775. The number of pyridine rings is 1. The zero-order chi connectivity index (χ0) is 20.8. The van der Waals surface area contributed by atoms with E-state index in [9.17, 15) is 5.11 Å². The first-order valence-electron chi connectivity index (χ1n) is 10.9. The molecule has 2 aliphatic rings. The molecule has 0 amide bonds. The second kappa shape index (κ2) is 10.2. The molecule has 4 rings (SSSR count). The van der Waals surface area contributed by atoms with Gasteiger partial charge in [-0.15, -0.1) is 0 Å². The fourth-order valence-corrected chi connectivity index (χ4v) is 4.90. The Balaban J connectivity index is 1.50. The molecule has 0 unspecified atom stereocenters. The van der Waals surface area contributed by atoms with Crippen LogP contribution in [0.15, 0.2) is 48.8 Å². The van der Waals surface area contributed by atoms with Gasteiger partial charge >= 0.3 is 0 Å². The van der Waals surface area contributed by atoms with Gasteiger partial charge in [0, 0.05) is 56.2 Å². The van der Waals surface area contributed by atoms with Gasteiger partial charge in [-0.1, -0.05) is 30.0 Å². The molecule has 1 aromatic heterocycles. The number of benzene rings is 1. The van der Waals surface area contributed by atoms with Gasteiger partial charge in [0.1, 0.15) is 6.61 Å². The van der Waals surface area contributed by atoms with Crippen molar-refractivity contribution in [2.75, 3.05) is 40.0 Å². The minimum Gasteiger partial charge on any atom is -0.395 e. The van der Waals surface area contributed by atoms with Crippen LogP contribution in [0.25, 0.3) is 0 Å². The van der Waals surface area contributed by atoms with E-state index in [1.165, 1.54) is 24.0 Å². The van der Waals surface area contributed by atoms with Crippen LogP contribution in [0.5, 0.6) is 0 Å². The van der Waals surface area contributed by atoms with Crippen LogP contribution in [0.3, 0.4) is 0 Å². The third-order valence-electron chi connectivity index (χ3n) is 6.33. The van der Waals surface area contributed by atoms with Crippen molar-refractivity contribution >= 4 is 0 Å². The molecular formula is C25H31N3O2. The SMILES string of the molecule is COCC#Cc1ccc([C@H]2[C@@H](CO)N3CCCCN(Cc4cccnc4)C[C@H]23)cc1. The summed E-state index contributed by atoms with van der Waals surface area (Å²) in [5.74, 6) is 6.49. The first-order valence-corrected chi connectivity index (χ1v) is 10.9. The predicted octanol–water partition coefficient (Wildman–Crippen LogP) is 2.50. The van der Waals surface area contributed by atoms with Crippen molar-refractivity contribution in [2.24, 2.45) is 0 Å². The van der Waals surface area contributed by atoms with Crippen LogP contribution in [0.2, 0.25) is 0 Å². The average molecular weight is 406 g/mol. The average Bonchev–Trinajstić information content (AvgIpc) is 2.76. The maximum absolute atomic E-state index is 10.1. The first-order chi connectivity index (χ1) is 14.8. The third kappa shape index (κ3) is 4.74. The Morgan fingerprint density at radius 1 is 1.17 bits per heavy atom. The highest BCUT2D eigenvalue weighted by molar-refractivity contribution is 5.39. The van der Waals surface area contributed by atoms with E-state index in [0.717, 1.165) is 31.7 Å². The normalized spacial score (nSPS) is 24.7.